The lowest BCUT2D eigenvalue weighted by Crippen LogP contribution is -2.21. The number of primary amides is 1. The van der Waals surface area contributed by atoms with Gasteiger partial charge in [0.15, 0.2) is 6.61 Å². The monoisotopic (exact) mass is 350 g/mol. The van der Waals surface area contributed by atoms with E-state index in [0.29, 0.717) is 0 Å². The zero-order valence-electron chi connectivity index (χ0n) is 12.2. The number of carbonyl (C=O) groups is 3. The molecule has 0 saturated heterocycles. The molecule has 2 aromatic carbocycles. The minimum absolute atomic E-state index is 0.116. The average Bonchev–Trinajstić information content (AvgIpc) is 2.56. The fourth-order valence-corrected chi connectivity index (χ4v) is 1.94. The van der Waals surface area contributed by atoms with Crippen LogP contribution in [0.25, 0.3) is 0 Å². The number of hydrogen-bond acceptors (Lipinski definition) is 4. The molecule has 0 bridgehead atoms. The Hall–Kier alpha value is -2.93. The largest absolute Gasteiger partial charge is 0.452 e. The molecule has 0 aliphatic rings. The zero-order valence-corrected chi connectivity index (χ0v) is 13.0. The smallest absolute Gasteiger partial charge is 0.338 e. The topological polar surface area (TPSA) is 98.5 Å². The molecule has 0 aliphatic heterocycles. The first kappa shape index (κ1) is 17.4. The van der Waals surface area contributed by atoms with E-state index in [1.54, 1.807) is 0 Å². The van der Waals surface area contributed by atoms with E-state index in [9.17, 15) is 18.8 Å². The molecule has 8 heteroatoms. The van der Waals surface area contributed by atoms with Crippen LogP contribution < -0.4 is 11.1 Å². The SMILES string of the molecule is NC(=O)c1ccc(C(=O)OCC(=O)Nc2cc(Cl)ccc2F)cc1. The van der Waals surface area contributed by atoms with Gasteiger partial charge in [-0.15, -0.1) is 0 Å². The lowest BCUT2D eigenvalue weighted by Gasteiger charge is -2.08. The minimum atomic E-state index is -0.771. The van der Waals surface area contributed by atoms with Gasteiger partial charge in [-0.05, 0) is 42.5 Å². The number of anilines is 1. The van der Waals surface area contributed by atoms with Crippen molar-refractivity contribution >= 4 is 35.1 Å². The van der Waals surface area contributed by atoms with Crippen molar-refractivity contribution in [3.63, 3.8) is 0 Å². The molecule has 2 rings (SSSR count). The van der Waals surface area contributed by atoms with Gasteiger partial charge in [0.1, 0.15) is 5.82 Å². The summed E-state index contributed by atoms with van der Waals surface area (Å²) in [7, 11) is 0. The summed E-state index contributed by atoms with van der Waals surface area (Å²) < 4.78 is 18.3. The Morgan fingerprint density at radius 1 is 1.08 bits per heavy atom. The fraction of sp³-hybridized carbons (Fsp3) is 0.0625. The van der Waals surface area contributed by atoms with Crippen LogP contribution in [-0.2, 0) is 9.53 Å². The van der Waals surface area contributed by atoms with Crippen molar-refractivity contribution < 1.29 is 23.5 Å². The number of rotatable bonds is 5. The van der Waals surface area contributed by atoms with E-state index in [0.717, 1.165) is 6.07 Å². The molecule has 0 spiro atoms. The van der Waals surface area contributed by atoms with Crippen LogP contribution >= 0.6 is 11.6 Å². The highest BCUT2D eigenvalue weighted by Gasteiger charge is 2.12. The highest BCUT2D eigenvalue weighted by atomic mass is 35.5. The second kappa shape index (κ2) is 7.56. The molecule has 0 atom stereocenters. The maximum Gasteiger partial charge on any atom is 0.338 e. The normalized spacial score (nSPS) is 10.1. The van der Waals surface area contributed by atoms with Crippen LogP contribution in [0, 0.1) is 5.82 Å². The molecular weight excluding hydrogens is 339 g/mol. The van der Waals surface area contributed by atoms with E-state index < -0.39 is 30.2 Å². The van der Waals surface area contributed by atoms with Crippen molar-refractivity contribution in [2.75, 3.05) is 11.9 Å². The summed E-state index contributed by atoms with van der Waals surface area (Å²) in [5.41, 5.74) is 5.35. The maximum absolute atomic E-state index is 13.5. The third-order valence-corrected chi connectivity index (χ3v) is 3.18. The first-order chi connectivity index (χ1) is 11.4. The fourth-order valence-electron chi connectivity index (χ4n) is 1.76. The minimum Gasteiger partial charge on any atom is -0.452 e. The second-order valence-corrected chi connectivity index (χ2v) is 5.13. The summed E-state index contributed by atoms with van der Waals surface area (Å²) in [6.45, 7) is -0.609. The predicted octanol–water partition coefficient (Wildman–Crippen LogP) is 2.37. The van der Waals surface area contributed by atoms with Crippen molar-refractivity contribution in [1.82, 2.24) is 0 Å². The highest BCUT2D eigenvalue weighted by Crippen LogP contribution is 2.19. The molecule has 0 aliphatic carbocycles. The molecule has 6 nitrogen and oxygen atoms in total. The molecule has 0 fully saturated rings. The summed E-state index contributed by atoms with van der Waals surface area (Å²) in [6, 6.07) is 9.08. The number of hydrogen-bond donors (Lipinski definition) is 2. The van der Waals surface area contributed by atoms with Gasteiger partial charge in [0, 0.05) is 10.6 Å². The van der Waals surface area contributed by atoms with Crippen LogP contribution in [0.1, 0.15) is 20.7 Å². The van der Waals surface area contributed by atoms with Gasteiger partial charge in [-0.2, -0.15) is 0 Å². The Morgan fingerprint density at radius 2 is 1.71 bits per heavy atom. The van der Waals surface area contributed by atoms with Gasteiger partial charge in [-0.25, -0.2) is 9.18 Å². The maximum atomic E-state index is 13.5. The number of benzene rings is 2. The summed E-state index contributed by atoms with van der Waals surface area (Å²) in [5.74, 6) is -2.79. The van der Waals surface area contributed by atoms with Crippen LogP contribution in [0.3, 0.4) is 0 Å². The third kappa shape index (κ3) is 4.53. The highest BCUT2D eigenvalue weighted by molar-refractivity contribution is 6.30. The van der Waals surface area contributed by atoms with Gasteiger partial charge in [0.25, 0.3) is 5.91 Å². The number of nitrogens with two attached hydrogens (primary N) is 1. The molecule has 2 aromatic rings. The Bertz CT molecular complexity index is 793. The van der Waals surface area contributed by atoms with Crippen molar-refractivity contribution in [2.24, 2.45) is 5.73 Å². The van der Waals surface area contributed by atoms with Crippen LogP contribution in [-0.4, -0.2) is 24.4 Å². The second-order valence-electron chi connectivity index (χ2n) is 4.69. The zero-order chi connectivity index (χ0) is 17.7. The molecule has 0 radical (unpaired) electrons. The van der Waals surface area contributed by atoms with E-state index >= 15 is 0 Å². The van der Waals surface area contributed by atoms with Crippen molar-refractivity contribution in [3.05, 3.63) is 64.4 Å². The van der Waals surface area contributed by atoms with Gasteiger partial charge in [-0.1, -0.05) is 11.6 Å². The molecule has 2 amide bonds. The Balaban J connectivity index is 1.92. The summed E-state index contributed by atoms with van der Waals surface area (Å²) in [6.07, 6.45) is 0. The summed E-state index contributed by atoms with van der Waals surface area (Å²) in [4.78, 5) is 34.4. The number of carbonyl (C=O) groups excluding carboxylic acids is 3. The molecule has 0 aromatic heterocycles. The molecule has 0 heterocycles. The van der Waals surface area contributed by atoms with Gasteiger partial charge in [-0.3, -0.25) is 9.59 Å². The van der Waals surface area contributed by atoms with Gasteiger partial charge in [0.2, 0.25) is 5.91 Å². The number of amides is 2. The van der Waals surface area contributed by atoms with Crippen LogP contribution in [0.2, 0.25) is 5.02 Å². The molecule has 0 saturated carbocycles. The van der Waals surface area contributed by atoms with Crippen molar-refractivity contribution in [3.8, 4) is 0 Å². The van der Waals surface area contributed by atoms with Crippen molar-refractivity contribution in [2.45, 2.75) is 0 Å². The van der Waals surface area contributed by atoms with E-state index in [1.807, 2.05) is 0 Å². The third-order valence-electron chi connectivity index (χ3n) is 2.94. The molecule has 3 N–H and O–H groups in total. The van der Waals surface area contributed by atoms with Gasteiger partial charge >= 0.3 is 5.97 Å². The van der Waals surface area contributed by atoms with E-state index in [4.69, 9.17) is 22.1 Å². The number of halogens is 2. The van der Waals surface area contributed by atoms with Crippen LogP contribution in [0.5, 0.6) is 0 Å². The predicted molar refractivity (Wildman–Crippen MR) is 85.3 cm³/mol. The average molecular weight is 351 g/mol. The van der Waals surface area contributed by atoms with E-state index in [2.05, 4.69) is 5.32 Å². The molecule has 0 unspecified atom stereocenters. The van der Waals surface area contributed by atoms with E-state index in [-0.39, 0.29) is 21.8 Å². The standard InChI is InChI=1S/C16H12ClFN2O4/c17-11-5-6-12(18)13(7-11)20-14(21)8-24-16(23)10-3-1-9(2-4-10)15(19)22/h1-7H,8H2,(H2,19,22)(H,20,21). The van der Waals surface area contributed by atoms with Crippen molar-refractivity contribution in [1.29, 1.82) is 0 Å². The van der Waals surface area contributed by atoms with Gasteiger partial charge < -0.3 is 15.8 Å². The number of nitrogens with one attached hydrogen (secondary N) is 1. The van der Waals surface area contributed by atoms with E-state index in [1.165, 1.54) is 36.4 Å². The lowest BCUT2D eigenvalue weighted by atomic mass is 10.1. The van der Waals surface area contributed by atoms with Crippen LogP contribution in [0.15, 0.2) is 42.5 Å². The summed E-state index contributed by atoms with van der Waals surface area (Å²) in [5, 5.41) is 2.49. The summed E-state index contributed by atoms with van der Waals surface area (Å²) >= 11 is 5.71. The molecule has 24 heavy (non-hydrogen) atoms. The first-order valence-corrected chi connectivity index (χ1v) is 7.06. The number of ether oxygens (including phenoxy) is 1. The number of esters is 1. The molecular formula is C16H12ClFN2O4. The first-order valence-electron chi connectivity index (χ1n) is 6.68. The Labute approximate surface area is 141 Å². The quantitative estimate of drug-likeness (QED) is 0.809. The Kier molecular flexibility index (Phi) is 5.49. The Morgan fingerprint density at radius 3 is 2.33 bits per heavy atom. The van der Waals surface area contributed by atoms with Gasteiger partial charge in [0.05, 0.1) is 11.3 Å². The van der Waals surface area contributed by atoms with Crippen LogP contribution in [0.4, 0.5) is 10.1 Å². The lowest BCUT2D eigenvalue weighted by molar-refractivity contribution is -0.119. The molecule has 124 valence electrons.